The number of likely N-dealkylation sites (N-methyl/N-ethyl adjacent to an activating group) is 1. The third kappa shape index (κ3) is 3.86. The van der Waals surface area contributed by atoms with E-state index in [-0.39, 0.29) is 18.0 Å². The number of amides is 1. The van der Waals surface area contributed by atoms with E-state index >= 15 is 0 Å². The Bertz CT molecular complexity index is 1120. The number of nitrogens with zero attached hydrogens (tertiary/aromatic N) is 2. The number of H-pyrrole nitrogens is 1. The Morgan fingerprint density at radius 3 is 2.63 bits per heavy atom. The standard InChI is InChI=1S/C24H26ClN3O2/c1-2-28(16-21-26-20-12-5-4-11-19(20)22(29)27-21)23(30)24(13-6-3-7-14-24)17-9-8-10-18(25)15-17/h4-5,8-12,15H,2-3,6-7,13-14,16H2,1H3,(H,26,27,29). The molecule has 2 aromatic carbocycles. The predicted molar refractivity (Wildman–Crippen MR) is 120 cm³/mol. The Morgan fingerprint density at radius 2 is 1.90 bits per heavy atom. The average Bonchev–Trinajstić information content (AvgIpc) is 2.77. The summed E-state index contributed by atoms with van der Waals surface area (Å²) in [5.41, 5.74) is 0.873. The lowest BCUT2D eigenvalue weighted by atomic mass is 9.68. The minimum Gasteiger partial charge on any atom is -0.335 e. The van der Waals surface area contributed by atoms with Crippen LogP contribution in [0.15, 0.2) is 53.3 Å². The fraction of sp³-hybridized carbons (Fsp3) is 0.375. The molecule has 0 spiro atoms. The van der Waals surface area contributed by atoms with E-state index in [0.717, 1.165) is 37.7 Å². The van der Waals surface area contributed by atoms with Crippen LogP contribution >= 0.6 is 11.6 Å². The minimum atomic E-state index is -0.573. The number of rotatable bonds is 5. The summed E-state index contributed by atoms with van der Waals surface area (Å²) in [6.07, 6.45) is 4.79. The van der Waals surface area contributed by atoms with Crippen LogP contribution in [-0.2, 0) is 16.8 Å². The molecule has 1 saturated carbocycles. The summed E-state index contributed by atoms with van der Waals surface area (Å²) in [5.74, 6) is 0.591. The topological polar surface area (TPSA) is 66.1 Å². The molecule has 0 saturated heterocycles. The fourth-order valence-electron chi connectivity index (χ4n) is 4.59. The zero-order valence-corrected chi connectivity index (χ0v) is 17.9. The molecule has 0 atom stereocenters. The van der Waals surface area contributed by atoms with Crippen LogP contribution in [0.4, 0.5) is 0 Å². The molecule has 30 heavy (non-hydrogen) atoms. The summed E-state index contributed by atoms with van der Waals surface area (Å²) in [5, 5.41) is 1.20. The summed E-state index contributed by atoms with van der Waals surface area (Å²) >= 11 is 6.27. The molecule has 1 aliphatic carbocycles. The van der Waals surface area contributed by atoms with E-state index in [1.807, 2.05) is 49.4 Å². The maximum Gasteiger partial charge on any atom is 0.258 e. The molecule has 4 rings (SSSR count). The van der Waals surface area contributed by atoms with Gasteiger partial charge in [-0.3, -0.25) is 9.59 Å². The quantitative estimate of drug-likeness (QED) is 0.639. The van der Waals surface area contributed by atoms with Crippen LogP contribution in [-0.4, -0.2) is 27.3 Å². The van der Waals surface area contributed by atoms with Crippen LogP contribution in [0.5, 0.6) is 0 Å². The molecule has 156 valence electrons. The Balaban J connectivity index is 1.69. The number of carbonyl (C=O) groups excluding carboxylic acids is 1. The van der Waals surface area contributed by atoms with E-state index in [4.69, 9.17) is 11.6 Å². The average molecular weight is 424 g/mol. The largest absolute Gasteiger partial charge is 0.335 e. The lowest BCUT2D eigenvalue weighted by molar-refractivity contribution is -0.139. The number of hydrogen-bond donors (Lipinski definition) is 1. The molecule has 1 aliphatic rings. The van der Waals surface area contributed by atoms with Gasteiger partial charge < -0.3 is 9.88 Å². The number of aromatic nitrogens is 2. The first-order valence-corrected chi connectivity index (χ1v) is 10.9. The van der Waals surface area contributed by atoms with E-state index in [0.29, 0.717) is 28.3 Å². The molecule has 1 amide bonds. The third-order valence-corrected chi connectivity index (χ3v) is 6.40. The second-order valence-electron chi connectivity index (χ2n) is 8.00. The van der Waals surface area contributed by atoms with Gasteiger partial charge >= 0.3 is 0 Å². The van der Waals surface area contributed by atoms with Crippen LogP contribution in [0.1, 0.15) is 50.4 Å². The minimum absolute atomic E-state index is 0.0859. The predicted octanol–water partition coefficient (Wildman–Crippen LogP) is 4.83. The van der Waals surface area contributed by atoms with Crippen molar-refractivity contribution in [3.05, 3.63) is 75.3 Å². The molecule has 0 aliphatic heterocycles. The van der Waals surface area contributed by atoms with Crippen molar-refractivity contribution in [2.75, 3.05) is 6.54 Å². The van der Waals surface area contributed by atoms with Gasteiger partial charge in [-0.15, -0.1) is 0 Å². The number of halogens is 1. The summed E-state index contributed by atoms with van der Waals surface area (Å²) < 4.78 is 0. The Labute approximate surface area is 181 Å². The highest BCUT2D eigenvalue weighted by Gasteiger charge is 2.43. The maximum atomic E-state index is 13.9. The molecule has 5 nitrogen and oxygen atoms in total. The van der Waals surface area contributed by atoms with Gasteiger partial charge in [0.25, 0.3) is 5.56 Å². The number of nitrogens with one attached hydrogen (secondary N) is 1. The second-order valence-corrected chi connectivity index (χ2v) is 8.44. The Kier molecular flexibility index (Phi) is 5.91. The number of para-hydroxylation sites is 1. The lowest BCUT2D eigenvalue weighted by Gasteiger charge is -2.40. The molecule has 6 heteroatoms. The summed E-state index contributed by atoms with van der Waals surface area (Å²) in [6, 6.07) is 14.9. The number of hydrogen-bond acceptors (Lipinski definition) is 3. The highest BCUT2D eigenvalue weighted by Crippen LogP contribution is 2.42. The number of benzene rings is 2. The van der Waals surface area contributed by atoms with Crippen molar-refractivity contribution in [2.45, 2.75) is 51.0 Å². The van der Waals surface area contributed by atoms with Crippen molar-refractivity contribution in [3.8, 4) is 0 Å². The molecule has 3 aromatic rings. The first-order valence-electron chi connectivity index (χ1n) is 10.6. The fourth-order valence-corrected chi connectivity index (χ4v) is 4.78. The van der Waals surface area contributed by atoms with E-state index in [2.05, 4.69) is 9.97 Å². The van der Waals surface area contributed by atoms with Crippen molar-refractivity contribution in [1.29, 1.82) is 0 Å². The first kappa shape index (κ1) is 20.6. The lowest BCUT2D eigenvalue weighted by Crippen LogP contribution is -2.48. The third-order valence-electron chi connectivity index (χ3n) is 6.17. The summed E-state index contributed by atoms with van der Waals surface area (Å²) in [6.45, 7) is 2.78. The molecule has 1 N–H and O–H groups in total. The van der Waals surface area contributed by atoms with Crippen molar-refractivity contribution < 1.29 is 4.79 Å². The normalized spacial score (nSPS) is 15.8. The summed E-state index contributed by atoms with van der Waals surface area (Å²) in [4.78, 5) is 35.6. The maximum absolute atomic E-state index is 13.9. The number of fused-ring (bicyclic) bond motifs is 1. The Morgan fingerprint density at radius 1 is 1.13 bits per heavy atom. The van der Waals surface area contributed by atoms with Crippen molar-refractivity contribution in [1.82, 2.24) is 14.9 Å². The highest BCUT2D eigenvalue weighted by atomic mass is 35.5. The van der Waals surface area contributed by atoms with E-state index < -0.39 is 5.41 Å². The van der Waals surface area contributed by atoms with Crippen LogP contribution in [0.2, 0.25) is 5.02 Å². The van der Waals surface area contributed by atoms with E-state index in [1.54, 1.807) is 11.0 Å². The van der Waals surface area contributed by atoms with Gasteiger partial charge in [-0.2, -0.15) is 0 Å². The molecule has 1 aromatic heterocycles. The van der Waals surface area contributed by atoms with Crippen LogP contribution < -0.4 is 5.56 Å². The van der Waals surface area contributed by atoms with Crippen LogP contribution in [0.3, 0.4) is 0 Å². The van der Waals surface area contributed by atoms with Gasteiger partial charge in [-0.05, 0) is 49.6 Å². The van der Waals surface area contributed by atoms with Gasteiger partial charge in [0.1, 0.15) is 5.82 Å². The van der Waals surface area contributed by atoms with Gasteiger partial charge in [0.15, 0.2) is 0 Å². The van der Waals surface area contributed by atoms with Gasteiger partial charge in [-0.1, -0.05) is 55.1 Å². The number of aromatic amines is 1. The van der Waals surface area contributed by atoms with E-state index in [1.165, 1.54) is 0 Å². The van der Waals surface area contributed by atoms with Crippen molar-refractivity contribution in [3.63, 3.8) is 0 Å². The molecule has 0 bridgehead atoms. The smallest absolute Gasteiger partial charge is 0.258 e. The highest BCUT2D eigenvalue weighted by molar-refractivity contribution is 6.30. The van der Waals surface area contributed by atoms with Gasteiger partial charge in [-0.25, -0.2) is 4.98 Å². The van der Waals surface area contributed by atoms with Crippen molar-refractivity contribution in [2.24, 2.45) is 0 Å². The molecule has 0 radical (unpaired) electrons. The molecular formula is C24H26ClN3O2. The van der Waals surface area contributed by atoms with Gasteiger partial charge in [0.05, 0.1) is 22.9 Å². The zero-order chi connectivity index (χ0) is 21.1. The molecule has 0 unspecified atom stereocenters. The number of carbonyl (C=O) groups is 1. The first-order chi connectivity index (χ1) is 14.5. The SMILES string of the molecule is CCN(Cc1nc2ccccc2c(=O)[nH]1)C(=O)C1(c2cccc(Cl)c2)CCCCC1. The molecule has 1 fully saturated rings. The van der Waals surface area contributed by atoms with Gasteiger partial charge in [0, 0.05) is 11.6 Å². The molecule has 1 heterocycles. The van der Waals surface area contributed by atoms with Crippen molar-refractivity contribution >= 4 is 28.4 Å². The monoisotopic (exact) mass is 423 g/mol. The summed E-state index contributed by atoms with van der Waals surface area (Å²) in [7, 11) is 0. The Hall–Kier alpha value is -2.66. The van der Waals surface area contributed by atoms with E-state index in [9.17, 15) is 9.59 Å². The molecular weight excluding hydrogens is 398 g/mol. The van der Waals surface area contributed by atoms with Crippen LogP contribution in [0.25, 0.3) is 10.9 Å². The zero-order valence-electron chi connectivity index (χ0n) is 17.2. The van der Waals surface area contributed by atoms with Crippen LogP contribution in [0, 0.1) is 0 Å². The van der Waals surface area contributed by atoms with Gasteiger partial charge in [0.2, 0.25) is 5.91 Å². The second kappa shape index (κ2) is 8.60.